The summed E-state index contributed by atoms with van der Waals surface area (Å²) in [7, 11) is 0. The normalized spacial score (nSPS) is 11.2. The fraction of sp³-hybridized carbons (Fsp3) is 0.227. The van der Waals surface area contributed by atoms with E-state index in [0.29, 0.717) is 27.9 Å². The van der Waals surface area contributed by atoms with E-state index >= 15 is 0 Å². The lowest BCUT2D eigenvalue weighted by atomic mass is 9.95. The minimum absolute atomic E-state index is 0.0593. The maximum absolute atomic E-state index is 12.5. The maximum atomic E-state index is 12.5. The number of rotatable bonds is 5. The van der Waals surface area contributed by atoms with E-state index in [1.54, 1.807) is 23.8 Å². The molecule has 3 aromatic heterocycles. The first-order valence-electron chi connectivity index (χ1n) is 9.39. The third-order valence-corrected chi connectivity index (χ3v) is 5.51. The van der Waals surface area contributed by atoms with Crippen LogP contribution in [-0.2, 0) is 11.3 Å². The van der Waals surface area contributed by atoms with Crippen molar-refractivity contribution in [2.45, 2.75) is 33.3 Å². The molecule has 4 rings (SSSR count). The zero-order valence-corrected chi connectivity index (χ0v) is 17.5. The largest absolute Gasteiger partial charge is 0.456 e. The summed E-state index contributed by atoms with van der Waals surface area (Å²) >= 11 is 1.26. The van der Waals surface area contributed by atoms with Crippen LogP contribution in [0.4, 0.5) is 0 Å². The molecule has 0 radical (unpaired) electrons. The third kappa shape index (κ3) is 3.99. The van der Waals surface area contributed by atoms with Crippen LogP contribution in [0.2, 0.25) is 0 Å². The van der Waals surface area contributed by atoms with Crippen molar-refractivity contribution in [3.05, 3.63) is 74.8 Å². The van der Waals surface area contributed by atoms with Gasteiger partial charge in [-0.3, -0.25) is 0 Å². The molecular weight excluding hydrogens is 402 g/mol. The van der Waals surface area contributed by atoms with E-state index in [1.165, 1.54) is 17.4 Å². The van der Waals surface area contributed by atoms with Crippen molar-refractivity contribution in [3.8, 4) is 10.8 Å². The highest BCUT2D eigenvalue weighted by atomic mass is 32.1. The lowest BCUT2D eigenvalue weighted by Crippen LogP contribution is -2.09. The van der Waals surface area contributed by atoms with Gasteiger partial charge < -0.3 is 9.15 Å². The van der Waals surface area contributed by atoms with Crippen molar-refractivity contribution in [2.24, 2.45) is 0 Å². The molecule has 0 aliphatic carbocycles. The number of ether oxygens (including phenoxy) is 1. The predicted molar refractivity (Wildman–Crippen MR) is 114 cm³/mol. The molecule has 0 bridgehead atoms. The summed E-state index contributed by atoms with van der Waals surface area (Å²) in [4.78, 5) is 37.0. The van der Waals surface area contributed by atoms with Gasteiger partial charge in [0.25, 0.3) is 0 Å². The van der Waals surface area contributed by atoms with E-state index in [9.17, 15) is 9.59 Å². The molecule has 152 valence electrons. The fourth-order valence-corrected chi connectivity index (χ4v) is 3.96. The van der Waals surface area contributed by atoms with Crippen LogP contribution in [0, 0.1) is 6.92 Å². The Morgan fingerprint density at radius 2 is 1.97 bits per heavy atom. The highest BCUT2D eigenvalue weighted by molar-refractivity contribution is 7.13. The number of nitrogens with zero attached hydrogens (tertiary/aromatic N) is 3. The van der Waals surface area contributed by atoms with E-state index in [1.807, 2.05) is 19.1 Å². The smallest absolute Gasteiger partial charge is 0.358 e. The molecule has 0 atom stereocenters. The van der Waals surface area contributed by atoms with Crippen molar-refractivity contribution in [1.82, 2.24) is 15.0 Å². The molecule has 0 saturated heterocycles. The predicted octanol–water partition coefficient (Wildman–Crippen LogP) is 4.50. The summed E-state index contributed by atoms with van der Waals surface area (Å²) < 4.78 is 10.8. The monoisotopic (exact) mass is 421 g/mol. The molecule has 0 fully saturated rings. The minimum atomic E-state index is -0.578. The Labute approximate surface area is 176 Å². The quantitative estimate of drug-likeness (QED) is 0.346. The number of hydrogen-bond acceptors (Lipinski definition) is 8. The Morgan fingerprint density at radius 1 is 1.20 bits per heavy atom. The minimum Gasteiger partial charge on any atom is -0.456 e. The zero-order valence-electron chi connectivity index (χ0n) is 16.7. The number of fused-ring (bicyclic) bond motifs is 1. The summed E-state index contributed by atoms with van der Waals surface area (Å²) in [6.45, 7) is 6.13. The van der Waals surface area contributed by atoms with E-state index in [4.69, 9.17) is 9.15 Å². The molecule has 1 aromatic carbocycles. The molecule has 30 heavy (non-hydrogen) atoms. The Hall–Kier alpha value is -3.39. The molecule has 0 N–H and O–H groups in total. The first-order chi connectivity index (χ1) is 14.4. The van der Waals surface area contributed by atoms with E-state index in [0.717, 1.165) is 16.5 Å². The number of thiazole rings is 1. The molecular formula is C22H19N3O4S. The molecule has 8 heteroatoms. The average molecular weight is 421 g/mol. The van der Waals surface area contributed by atoms with Gasteiger partial charge in [-0.15, -0.1) is 11.3 Å². The number of aryl methyl sites for hydroxylation is 1. The van der Waals surface area contributed by atoms with Gasteiger partial charge in [0.05, 0.1) is 0 Å². The summed E-state index contributed by atoms with van der Waals surface area (Å²) in [5.41, 5.74) is 2.96. The Balaban J connectivity index is 1.59. The number of carbonyl (C=O) groups is 1. The van der Waals surface area contributed by atoms with Gasteiger partial charge in [0, 0.05) is 34.8 Å². The number of carbonyl (C=O) groups excluding carboxylic acids is 1. The van der Waals surface area contributed by atoms with Gasteiger partial charge in [-0.1, -0.05) is 13.8 Å². The topological polar surface area (TPSA) is 95.2 Å². The van der Waals surface area contributed by atoms with Gasteiger partial charge in [-0.25, -0.2) is 24.5 Å². The second kappa shape index (κ2) is 8.16. The lowest BCUT2D eigenvalue weighted by Gasteiger charge is -2.13. The number of aromatic nitrogens is 3. The third-order valence-electron chi connectivity index (χ3n) is 4.67. The first-order valence-corrected chi connectivity index (χ1v) is 10.3. The summed E-state index contributed by atoms with van der Waals surface area (Å²) in [6, 6.07) is 6.91. The molecule has 0 amide bonds. The van der Waals surface area contributed by atoms with E-state index in [-0.39, 0.29) is 12.3 Å². The van der Waals surface area contributed by atoms with Crippen LogP contribution in [-0.4, -0.2) is 20.9 Å². The molecule has 7 nitrogen and oxygen atoms in total. The van der Waals surface area contributed by atoms with Gasteiger partial charge in [-0.2, -0.15) is 0 Å². The Kier molecular flexibility index (Phi) is 5.41. The van der Waals surface area contributed by atoms with Crippen molar-refractivity contribution >= 4 is 28.3 Å². The first kappa shape index (κ1) is 19.9. The van der Waals surface area contributed by atoms with Crippen LogP contribution in [0.5, 0.6) is 0 Å². The fourth-order valence-electron chi connectivity index (χ4n) is 3.23. The molecule has 3 heterocycles. The summed E-state index contributed by atoms with van der Waals surface area (Å²) in [5, 5.41) is 2.89. The average Bonchev–Trinajstić information content (AvgIpc) is 3.22. The molecule has 0 spiro atoms. The van der Waals surface area contributed by atoms with Gasteiger partial charge in [0.2, 0.25) is 0 Å². The van der Waals surface area contributed by atoms with Gasteiger partial charge >= 0.3 is 11.6 Å². The number of benzene rings is 1. The Bertz CT molecular complexity index is 1280. The van der Waals surface area contributed by atoms with E-state index < -0.39 is 11.6 Å². The molecule has 0 aliphatic rings. The highest BCUT2D eigenvalue weighted by Gasteiger charge is 2.17. The SMILES string of the molecule is Cc1cc2oc(=O)cc(COC(=O)c3csc(-c4ncccn4)n3)c2cc1C(C)C. The van der Waals surface area contributed by atoms with Gasteiger partial charge in [0.15, 0.2) is 16.5 Å². The maximum Gasteiger partial charge on any atom is 0.358 e. The summed E-state index contributed by atoms with van der Waals surface area (Å²) in [6.07, 6.45) is 3.22. The highest BCUT2D eigenvalue weighted by Crippen LogP contribution is 2.27. The van der Waals surface area contributed by atoms with E-state index in [2.05, 4.69) is 28.8 Å². The number of esters is 1. The summed E-state index contributed by atoms with van der Waals surface area (Å²) in [5.74, 6) is 0.182. The molecule has 0 aliphatic heterocycles. The second-order valence-corrected chi connectivity index (χ2v) is 7.99. The van der Waals surface area contributed by atoms with Crippen molar-refractivity contribution in [2.75, 3.05) is 0 Å². The lowest BCUT2D eigenvalue weighted by molar-refractivity contribution is 0.0468. The molecule has 0 unspecified atom stereocenters. The molecule has 0 saturated carbocycles. The second-order valence-electron chi connectivity index (χ2n) is 7.14. The van der Waals surface area contributed by atoms with Crippen LogP contribution in [0.25, 0.3) is 21.8 Å². The van der Waals surface area contributed by atoms with Crippen LogP contribution in [0.1, 0.15) is 46.9 Å². The molecule has 4 aromatic rings. The van der Waals surface area contributed by atoms with Crippen LogP contribution in [0.3, 0.4) is 0 Å². The van der Waals surface area contributed by atoms with Crippen LogP contribution in [0.15, 0.2) is 51.3 Å². The van der Waals surface area contributed by atoms with Crippen molar-refractivity contribution < 1.29 is 13.9 Å². The number of hydrogen-bond donors (Lipinski definition) is 0. The zero-order chi connectivity index (χ0) is 21.3. The van der Waals surface area contributed by atoms with Gasteiger partial charge in [-0.05, 0) is 42.2 Å². The van der Waals surface area contributed by atoms with Gasteiger partial charge in [0.1, 0.15) is 12.2 Å². The van der Waals surface area contributed by atoms with Crippen LogP contribution >= 0.6 is 11.3 Å². The van der Waals surface area contributed by atoms with Crippen molar-refractivity contribution in [3.63, 3.8) is 0 Å². The standard InChI is InChI=1S/C22H19N3O4S/c1-12(2)15-9-16-14(8-19(26)29-18(16)7-13(15)3)10-28-22(27)17-11-30-21(25-17)20-23-5-4-6-24-20/h4-9,11-12H,10H2,1-3H3. The van der Waals surface area contributed by atoms with Crippen molar-refractivity contribution in [1.29, 1.82) is 0 Å². The van der Waals surface area contributed by atoms with Crippen LogP contribution < -0.4 is 5.63 Å². The Morgan fingerprint density at radius 3 is 2.70 bits per heavy atom.